The van der Waals surface area contributed by atoms with Crippen molar-refractivity contribution in [3.8, 4) is 17.2 Å². The lowest BCUT2D eigenvalue weighted by molar-refractivity contribution is 0.0942. The molecule has 6 nitrogen and oxygen atoms in total. The lowest BCUT2D eigenvalue weighted by Gasteiger charge is -2.12. The van der Waals surface area contributed by atoms with E-state index >= 15 is 0 Å². The predicted octanol–water partition coefficient (Wildman–Crippen LogP) is 3.54. The molecule has 140 valence electrons. The number of ether oxygens (including phenoxy) is 3. The van der Waals surface area contributed by atoms with Crippen LogP contribution in [0.5, 0.6) is 17.2 Å². The molecule has 0 bridgehead atoms. The molecule has 27 heavy (non-hydrogen) atoms. The van der Waals surface area contributed by atoms with Crippen molar-refractivity contribution in [2.75, 3.05) is 20.3 Å². The number of hydrogen-bond acceptors (Lipinski definition) is 6. The summed E-state index contributed by atoms with van der Waals surface area (Å²) in [5.74, 6) is 1.73. The van der Waals surface area contributed by atoms with Gasteiger partial charge in [0, 0.05) is 11.4 Å². The predicted molar refractivity (Wildman–Crippen MR) is 104 cm³/mol. The number of carbonyl (C=O) groups excluding carboxylic acids is 1. The zero-order chi connectivity index (χ0) is 18.9. The average Bonchev–Trinajstić information content (AvgIpc) is 3.23. The Morgan fingerprint density at radius 2 is 1.96 bits per heavy atom. The smallest absolute Gasteiger partial charge is 0.255 e. The van der Waals surface area contributed by atoms with Crippen molar-refractivity contribution >= 4 is 17.2 Å². The number of rotatable bonds is 9. The van der Waals surface area contributed by atoms with Crippen LogP contribution in [0.15, 0.2) is 59.4 Å². The molecule has 3 aromatic rings. The summed E-state index contributed by atoms with van der Waals surface area (Å²) in [6, 6.07) is 14.5. The van der Waals surface area contributed by atoms with Crippen molar-refractivity contribution in [1.82, 2.24) is 10.3 Å². The van der Waals surface area contributed by atoms with Crippen LogP contribution < -0.4 is 19.5 Å². The van der Waals surface area contributed by atoms with E-state index in [-0.39, 0.29) is 5.91 Å². The van der Waals surface area contributed by atoms with E-state index in [0.29, 0.717) is 36.8 Å². The Labute approximate surface area is 161 Å². The van der Waals surface area contributed by atoms with E-state index in [4.69, 9.17) is 14.2 Å². The van der Waals surface area contributed by atoms with Gasteiger partial charge in [-0.25, -0.2) is 4.98 Å². The molecule has 0 saturated carbocycles. The summed E-state index contributed by atoms with van der Waals surface area (Å²) in [5, 5.41) is 4.76. The quantitative estimate of drug-likeness (QED) is 0.572. The van der Waals surface area contributed by atoms with Gasteiger partial charge in [-0.3, -0.25) is 4.79 Å². The molecule has 0 aliphatic rings. The van der Waals surface area contributed by atoms with Crippen LogP contribution in [-0.4, -0.2) is 31.2 Å². The minimum Gasteiger partial charge on any atom is -0.497 e. The van der Waals surface area contributed by atoms with Gasteiger partial charge in [-0.1, -0.05) is 18.2 Å². The summed E-state index contributed by atoms with van der Waals surface area (Å²) < 4.78 is 16.5. The molecule has 1 heterocycles. The van der Waals surface area contributed by atoms with E-state index in [2.05, 4.69) is 10.3 Å². The molecule has 0 radical (unpaired) electrons. The molecular formula is C20H20N2O4S. The van der Waals surface area contributed by atoms with Crippen molar-refractivity contribution in [3.63, 3.8) is 0 Å². The molecule has 7 heteroatoms. The first kappa shape index (κ1) is 18.7. The fourth-order valence-corrected chi connectivity index (χ4v) is 2.90. The molecule has 0 atom stereocenters. The number of thiazole rings is 1. The Hall–Kier alpha value is -3.06. The lowest BCUT2D eigenvalue weighted by Crippen LogP contribution is -2.28. The van der Waals surface area contributed by atoms with Gasteiger partial charge in [-0.15, -0.1) is 11.3 Å². The van der Waals surface area contributed by atoms with Gasteiger partial charge in [0.25, 0.3) is 5.91 Å². The molecule has 1 N–H and O–H groups in total. The summed E-state index contributed by atoms with van der Waals surface area (Å²) in [6.45, 7) is 1.05. The number of nitrogens with zero attached hydrogens (tertiary/aromatic N) is 1. The second-order valence-electron chi connectivity index (χ2n) is 5.55. The van der Waals surface area contributed by atoms with Crippen LogP contribution >= 0.6 is 11.3 Å². The first-order valence-corrected chi connectivity index (χ1v) is 9.34. The van der Waals surface area contributed by atoms with E-state index in [1.165, 1.54) is 11.3 Å². The molecule has 0 saturated heterocycles. The van der Waals surface area contributed by atoms with Crippen molar-refractivity contribution in [2.45, 2.75) is 6.61 Å². The van der Waals surface area contributed by atoms with Gasteiger partial charge >= 0.3 is 0 Å². The molecule has 0 aliphatic heterocycles. The lowest BCUT2D eigenvalue weighted by atomic mass is 10.2. The third kappa shape index (κ3) is 5.46. The Balaban J connectivity index is 1.50. The van der Waals surface area contributed by atoms with Crippen LogP contribution in [-0.2, 0) is 6.61 Å². The van der Waals surface area contributed by atoms with Crippen LogP contribution in [0.25, 0.3) is 0 Å². The standard InChI is InChI=1S/C20H20N2O4S/c1-24-16-5-4-6-17(11-16)25-10-9-21-20(23)18-7-2-3-8-19(18)26-12-15-13-27-14-22-15/h2-8,11,13-14H,9-10,12H2,1H3,(H,21,23). The first-order chi connectivity index (χ1) is 13.3. The van der Waals surface area contributed by atoms with Crippen LogP contribution in [0.4, 0.5) is 0 Å². The fourth-order valence-electron chi connectivity index (χ4n) is 2.36. The van der Waals surface area contributed by atoms with Gasteiger partial charge in [0.05, 0.1) is 30.4 Å². The van der Waals surface area contributed by atoms with Crippen molar-refractivity contribution in [1.29, 1.82) is 0 Å². The number of para-hydroxylation sites is 1. The van der Waals surface area contributed by atoms with Gasteiger partial charge in [-0.05, 0) is 24.3 Å². The zero-order valence-electron chi connectivity index (χ0n) is 14.9. The molecule has 1 amide bonds. The first-order valence-electron chi connectivity index (χ1n) is 8.40. The molecule has 0 fully saturated rings. The van der Waals surface area contributed by atoms with Gasteiger partial charge in [-0.2, -0.15) is 0 Å². The highest BCUT2D eigenvalue weighted by Gasteiger charge is 2.12. The van der Waals surface area contributed by atoms with Gasteiger partial charge in [0.2, 0.25) is 0 Å². The normalized spacial score (nSPS) is 10.3. The molecule has 3 rings (SSSR count). The highest BCUT2D eigenvalue weighted by atomic mass is 32.1. The van der Waals surface area contributed by atoms with E-state index in [1.54, 1.807) is 36.9 Å². The van der Waals surface area contributed by atoms with Gasteiger partial charge in [0.15, 0.2) is 0 Å². The second-order valence-corrected chi connectivity index (χ2v) is 6.27. The van der Waals surface area contributed by atoms with Crippen LogP contribution in [0.2, 0.25) is 0 Å². The Kier molecular flexibility index (Phi) is 6.65. The highest BCUT2D eigenvalue weighted by molar-refractivity contribution is 7.07. The largest absolute Gasteiger partial charge is 0.497 e. The molecule has 2 aromatic carbocycles. The number of hydrogen-bond donors (Lipinski definition) is 1. The molecular weight excluding hydrogens is 364 g/mol. The summed E-state index contributed by atoms with van der Waals surface area (Å²) in [6.07, 6.45) is 0. The second kappa shape index (κ2) is 9.59. The summed E-state index contributed by atoms with van der Waals surface area (Å²) in [7, 11) is 1.60. The van der Waals surface area contributed by atoms with Crippen LogP contribution in [0.3, 0.4) is 0 Å². The highest BCUT2D eigenvalue weighted by Crippen LogP contribution is 2.20. The summed E-state index contributed by atoms with van der Waals surface area (Å²) in [4.78, 5) is 16.6. The van der Waals surface area contributed by atoms with Crippen LogP contribution in [0.1, 0.15) is 16.1 Å². The fraction of sp³-hybridized carbons (Fsp3) is 0.200. The minimum absolute atomic E-state index is 0.210. The maximum atomic E-state index is 12.5. The summed E-state index contributed by atoms with van der Waals surface area (Å²) >= 11 is 1.51. The van der Waals surface area contributed by atoms with Gasteiger partial charge < -0.3 is 19.5 Å². The number of carbonyl (C=O) groups is 1. The maximum absolute atomic E-state index is 12.5. The Bertz CT molecular complexity index is 868. The number of nitrogens with one attached hydrogen (secondary N) is 1. The Morgan fingerprint density at radius 3 is 2.78 bits per heavy atom. The van der Waals surface area contributed by atoms with E-state index < -0.39 is 0 Å². The minimum atomic E-state index is -0.210. The summed E-state index contributed by atoms with van der Waals surface area (Å²) in [5.41, 5.74) is 3.07. The third-order valence-electron chi connectivity index (χ3n) is 3.69. The monoisotopic (exact) mass is 384 g/mol. The van der Waals surface area contributed by atoms with E-state index in [1.807, 2.05) is 29.6 Å². The topological polar surface area (TPSA) is 69.7 Å². The Morgan fingerprint density at radius 1 is 1.11 bits per heavy atom. The zero-order valence-corrected chi connectivity index (χ0v) is 15.7. The molecule has 1 aromatic heterocycles. The number of aromatic nitrogens is 1. The van der Waals surface area contributed by atoms with E-state index in [9.17, 15) is 4.79 Å². The van der Waals surface area contributed by atoms with Crippen LogP contribution in [0, 0.1) is 0 Å². The third-order valence-corrected chi connectivity index (χ3v) is 4.32. The molecule has 0 spiro atoms. The number of amides is 1. The molecule has 0 unspecified atom stereocenters. The number of benzene rings is 2. The van der Waals surface area contributed by atoms with E-state index in [0.717, 1.165) is 11.4 Å². The average molecular weight is 384 g/mol. The SMILES string of the molecule is COc1cccc(OCCNC(=O)c2ccccc2OCc2cscn2)c1. The van der Waals surface area contributed by atoms with Crippen molar-refractivity contribution in [2.24, 2.45) is 0 Å². The molecule has 0 aliphatic carbocycles. The van der Waals surface area contributed by atoms with Crippen molar-refractivity contribution in [3.05, 3.63) is 70.7 Å². The number of methoxy groups -OCH3 is 1. The van der Waals surface area contributed by atoms with Gasteiger partial charge in [0.1, 0.15) is 30.5 Å². The van der Waals surface area contributed by atoms with Crippen molar-refractivity contribution < 1.29 is 19.0 Å². The maximum Gasteiger partial charge on any atom is 0.255 e.